The molecule has 2 aliphatic heterocycles. The van der Waals surface area contributed by atoms with E-state index in [9.17, 15) is 8.42 Å². The molecule has 0 bridgehead atoms. The van der Waals surface area contributed by atoms with Crippen molar-refractivity contribution in [1.82, 2.24) is 15.2 Å². The van der Waals surface area contributed by atoms with E-state index < -0.39 is 9.84 Å². The first-order valence-electron chi connectivity index (χ1n) is 11.6. The molecule has 32 heavy (non-hydrogen) atoms. The lowest BCUT2D eigenvalue weighted by molar-refractivity contribution is 0.287. The minimum absolute atomic E-state index is 0.0245. The molecule has 7 heteroatoms. The molecule has 3 aromatic rings. The molecule has 1 unspecified atom stereocenters. The average molecular weight is 453 g/mol. The Labute approximate surface area is 190 Å². The third-order valence-corrected chi connectivity index (χ3v) is 8.61. The van der Waals surface area contributed by atoms with Crippen LogP contribution in [0.3, 0.4) is 0 Å². The van der Waals surface area contributed by atoms with Crippen LogP contribution in [0.2, 0.25) is 0 Å². The Hall–Kier alpha value is -2.19. The Morgan fingerprint density at radius 1 is 1.03 bits per heavy atom. The molecule has 4 N–H and O–H groups in total. The smallest absolute Gasteiger partial charge is 0.152 e. The molecule has 0 aliphatic carbocycles. The van der Waals surface area contributed by atoms with Crippen LogP contribution in [0, 0.1) is 5.92 Å². The summed E-state index contributed by atoms with van der Waals surface area (Å²) in [5, 5.41) is 4.61. The average Bonchev–Trinajstić information content (AvgIpc) is 3.25. The fourth-order valence-corrected chi connectivity index (χ4v) is 6.36. The molecule has 0 amide bonds. The van der Waals surface area contributed by atoms with Gasteiger partial charge in [0.1, 0.15) is 0 Å². The van der Waals surface area contributed by atoms with Gasteiger partial charge in [0, 0.05) is 36.8 Å². The van der Waals surface area contributed by atoms with Crippen molar-refractivity contribution in [2.75, 3.05) is 37.7 Å². The molecule has 6 nitrogen and oxygen atoms in total. The van der Waals surface area contributed by atoms with E-state index in [0.717, 1.165) is 49.2 Å². The minimum atomic E-state index is -2.88. The van der Waals surface area contributed by atoms with Gasteiger partial charge in [0.05, 0.1) is 17.0 Å². The zero-order valence-electron chi connectivity index (χ0n) is 18.4. The van der Waals surface area contributed by atoms with E-state index in [-0.39, 0.29) is 17.5 Å². The van der Waals surface area contributed by atoms with Crippen LogP contribution in [-0.4, -0.2) is 56.0 Å². The molecular formula is C25H32N4O2S. The van der Waals surface area contributed by atoms with Gasteiger partial charge in [0.2, 0.25) is 0 Å². The first-order chi connectivity index (χ1) is 15.5. The summed E-state index contributed by atoms with van der Waals surface area (Å²) in [6.45, 7) is 3.98. The Bertz CT molecular complexity index is 1170. The van der Waals surface area contributed by atoms with Crippen LogP contribution in [0.15, 0.2) is 48.5 Å². The van der Waals surface area contributed by atoms with Crippen molar-refractivity contribution in [3.63, 3.8) is 0 Å². The maximum absolute atomic E-state index is 11.8. The molecule has 170 valence electrons. The summed E-state index contributed by atoms with van der Waals surface area (Å²) in [5.41, 5.74) is 12.6. The van der Waals surface area contributed by atoms with E-state index >= 15 is 0 Å². The van der Waals surface area contributed by atoms with Crippen LogP contribution in [0.1, 0.15) is 30.0 Å². The zero-order valence-corrected chi connectivity index (χ0v) is 19.2. The highest BCUT2D eigenvalue weighted by Gasteiger charge is 2.26. The van der Waals surface area contributed by atoms with Crippen molar-refractivity contribution in [2.45, 2.75) is 25.4 Å². The third-order valence-electron chi connectivity index (χ3n) is 7.00. The second kappa shape index (κ2) is 8.98. The van der Waals surface area contributed by atoms with Gasteiger partial charge in [0.15, 0.2) is 9.84 Å². The lowest BCUT2D eigenvalue weighted by Crippen LogP contribution is -2.39. The maximum atomic E-state index is 11.8. The lowest BCUT2D eigenvalue weighted by Gasteiger charge is -2.30. The molecule has 3 heterocycles. The number of rotatable bonds is 5. The number of piperidine rings is 1. The summed E-state index contributed by atoms with van der Waals surface area (Å²) in [5.74, 6) is 0.955. The maximum Gasteiger partial charge on any atom is 0.152 e. The number of sulfone groups is 1. The number of nitrogens with zero attached hydrogens (tertiary/aromatic N) is 1. The molecule has 2 aromatic carbocycles. The van der Waals surface area contributed by atoms with Crippen molar-refractivity contribution < 1.29 is 8.42 Å². The Balaban J connectivity index is 1.51. The van der Waals surface area contributed by atoms with Crippen molar-refractivity contribution in [3.8, 4) is 11.3 Å². The predicted molar refractivity (Wildman–Crippen MR) is 130 cm³/mol. The minimum Gasteiger partial charge on any atom is -0.354 e. The van der Waals surface area contributed by atoms with Gasteiger partial charge in [0.25, 0.3) is 0 Å². The van der Waals surface area contributed by atoms with Gasteiger partial charge >= 0.3 is 0 Å². The number of aromatic nitrogens is 1. The van der Waals surface area contributed by atoms with Crippen LogP contribution in [0.5, 0.6) is 0 Å². The number of nitrogens with two attached hydrogens (primary N) is 1. The summed E-state index contributed by atoms with van der Waals surface area (Å²) < 4.78 is 23.7. The van der Waals surface area contributed by atoms with Crippen molar-refractivity contribution in [3.05, 3.63) is 59.7 Å². The molecular weight excluding hydrogens is 420 g/mol. The molecule has 2 aliphatic rings. The van der Waals surface area contributed by atoms with Crippen LogP contribution in [0.4, 0.5) is 0 Å². The Kier molecular flexibility index (Phi) is 6.07. The van der Waals surface area contributed by atoms with E-state index in [2.05, 4.69) is 57.7 Å². The van der Waals surface area contributed by atoms with Crippen molar-refractivity contribution >= 4 is 20.7 Å². The lowest BCUT2D eigenvalue weighted by atomic mass is 9.85. The summed E-state index contributed by atoms with van der Waals surface area (Å²) in [7, 11) is -2.88. The number of H-pyrrole nitrogens is 1. The van der Waals surface area contributed by atoms with Crippen LogP contribution >= 0.6 is 0 Å². The van der Waals surface area contributed by atoms with E-state index in [0.29, 0.717) is 19.0 Å². The Morgan fingerprint density at radius 3 is 2.47 bits per heavy atom. The second-order valence-electron chi connectivity index (χ2n) is 9.24. The fraction of sp³-hybridized carbons (Fsp3) is 0.440. The predicted octanol–water partition coefficient (Wildman–Crippen LogP) is 3.06. The normalized spacial score (nSPS) is 21.0. The zero-order chi connectivity index (χ0) is 22.1. The highest BCUT2D eigenvalue weighted by molar-refractivity contribution is 7.91. The molecule has 2 saturated heterocycles. The molecule has 2 fully saturated rings. The standard InChI is InChI=1S/C25H32N4O2S/c26-24(20-6-8-27-9-7-20)22-15-18(17-29-10-12-32(30,31)13-11-29)14-21-16-23(28-25(21)22)19-4-2-1-3-5-19/h1-5,14-16,20,24,27-28H,6-13,17,26H2. The summed E-state index contributed by atoms with van der Waals surface area (Å²) in [6, 6.07) is 17.1. The monoisotopic (exact) mass is 452 g/mol. The molecule has 1 atom stereocenters. The van der Waals surface area contributed by atoms with Gasteiger partial charge in [-0.25, -0.2) is 8.42 Å². The van der Waals surface area contributed by atoms with E-state index in [4.69, 9.17) is 5.73 Å². The van der Waals surface area contributed by atoms with Crippen LogP contribution in [0.25, 0.3) is 22.2 Å². The quantitative estimate of drug-likeness (QED) is 0.553. The number of fused-ring (bicyclic) bond motifs is 1. The van der Waals surface area contributed by atoms with Gasteiger partial charge in [-0.2, -0.15) is 0 Å². The molecule has 0 spiro atoms. The first-order valence-corrected chi connectivity index (χ1v) is 13.4. The van der Waals surface area contributed by atoms with E-state index in [1.165, 1.54) is 16.5 Å². The van der Waals surface area contributed by atoms with Gasteiger partial charge in [-0.15, -0.1) is 0 Å². The number of benzene rings is 2. The van der Waals surface area contributed by atoms with Crippen molar-refractivity contribution in [2.24, 2.45) is 11.7 Å². The first kappa shape index (κ1) is 21.6. The molecule has 5 rings (SSSR count). The van der Waals surface area contributed by atoms with Gasteiger partial charge in [-0.3, -0.25) is 4.90 Å². The van der Waals surface area contributed by atoms with Crippen molar-refractivity contribution in [1.29, 1.82) is 0 Å². The van der Waals surface area contributed by atoms with Crippen LogP contribution < -0.4 is 11.1 Å². The highest BCUT2D eigenvalue weighted by atomic mass is 32.2. The highest BCUT2D eigenvalue weighted by Crippen LogP contribution is 2.35. The molecule has 1 aromatic heterocycles. The summed E-state index contributed by atoms with van der Waals surface area (Å²) in [6.07, 6.45) is 2.17. The largest absolute Gasteiger partial charge is 0.354 e. The molecule has 0 radical (unpaired) electrons. The van der Waals surface area contributed by atoms with Crippen LogP contribution in [-0.2, 0) is 16.4 Å². The summed E-state index contributed by atoms with van der Waals surface area (Å²) in [4.78, 5) is 5.90. The number of hydrogen-bond donors (Lipinski definition) is 3. The number of nitrogens with one attached hydrogen (secondary N) is 2. The SMILES string of the molecule is NC(c1cc(CN2CCS(=O)(=O)CC2)cc2cc(-c3ccccc3)[nH]c12)C1CCNCC1. The summed E-state index contributed by atoms with van der Waals surface area (Å²) >= 11 is 0. The van der Waals surface area contributed by atoms with E-state index in [1.807, 2.05) is 6.07 Å². The second-order valence-corrected chi connectivity index (χ2v) is 11.5. The fourth-order valence-electron chi connectivity index (χ4n) is 5.09. The number of hydrogen-bond acceptors (Lipinski definition) is 5. The van der Waals surface area contributed by atoms with Gasteiger partial charge in [-0.05, 0) is 60.7 Å². The third kappa shape index (κ3) is 4.62. The van der Waals surface area contributed by atoms with Gasteiger partial charge < -0.3 is 16.0 Å². The molecule has 0 saturated carbocycles. The Morgan fingerprint density at radius 2 is 1.75 bits per heavy atom. The topological polar surface area (TPSA) is 91.2 Å². The van der Waals surface area contributed by atoms with Gasteiger partial charge in [-0.1, -0.05) is 36.4 Å². The number of aromatic amines is 1. The van der Waals surface area contributed by atoms with E-state index in [1.54, 1.807) is 0 Å².